The molecule has 9 heteroatoms. The van der Waals surface area contributed by atoms with Crippen LogP contribution in [-0.4, -0.2) is 28.1 Å². The van der Waals surface area contributed by atoms with Crippen LogP contribution in [0.4, 0.5) is 8.78 Å². The molecule has 1 saturated carbocycles. The monoisotopic (exact) mass is 492 g/mol. The zero-order valence-corrected chi connectivity index (χ0v) is 19.6. The standard InChI is InChI=1S/C27H26F2N4O3/c28-21-10-17(14-30)9-20(11-21)24-6-8-36-33(24)27(35)18-3-1-16(2-4-18)15-32-7-5-19-12-23(29)22(26(31)34)13-25(19)32/h5,7,9-13,16,18,24H,1-4,6,8,15H2,(H2,31,34)/t16-,18-,24-/m0/s1. The molecule has 1 saturated heterocycles. The molecule has 2 aromatic carbocycles. The van der Waals surface area contributed by atoms with Crippen LogP contribution in [-0.2, 0) is 16.2 Å². The molecule has 1 aliphatic carbocycles. The number of hydroxylamine groups is 2. The van der Waals surface area contributed by atoms with Crippen LogP contribution in [0.1, 0.15) is 59.6 Å². The molecule has 0 radical (unpaired) electrons. The number of halogens is 2. The summed E-state index contributed by atoms with van der Waals surface area (Å²) in [5.41, 5.74) is 6.71. The van der Waals surface area contributed by atoms with Crippen LogP contribution in [0.2, 0.25) is 0 Å². The molecule has 1 aliphatic heterocycles. The maximum absolute atomic E-state index is 14.1. The highest BCUT2D eigenvalue weighted by molar-refractivity contribution is 5.97. The van der Waals surface area contributed by atoms with E-state index in [4.69, 9.17) is 15.8 Å². The minimum absolute atomic E-state index is 0.105. The highest BCUT2D eigenvalue weighted by Crippen LogP contribution is 2.37. The summed E-state index contributed by atoms with van der Waals surface area (Å²) in [6, 6.07) is 10.3. The van der Waals surface area contributed by atoms with Crippen molar-refractivity contribution in [3.8, 4) is 6.07 Å². The number of carbonyl (C=O) groups excluding carboxylic acids is 2. The maximum atomic E-state index is 14.1. The molecular weight excluding hydrogens is 466 g/mol. The van der Waals surface area contributed by atoms with E-state index in [1.165, 1.54) is 29.3 Å². The molecule has 0 spiro atoms. The number of benzene rings is 2. The lowest BCUT2D eigenvalue weighted by atomic mass is 9.81. The molecule has 2 heterocycles. The van der Waals surface area contributed by atoms with Crippen molar-refractivity contribution in [3.05, 3.63) is 70.9 Å². The van der Waals surface area contributed by atoms with Gasteiger partial charge in [0.2, 0.25) is 5.91 Å². The smallest absolute Gasteiger partial charge is 0.251 e. The second kappa shape index (κ2) is 9.70. The van der Waals surface area contributed by atoms with E-state index in [1.54, 1.807) is 6.07 Å². The number of primary amides is 1. The minimum Gasteiger partial charge on any atom is -0.366 e. The fourth-order valence-electron chi connectivity index (χ4n) is 5.47. The Balaban J connectivity index is 1.24. The topological polar surface area (TPSA) is 101 Å². The van der Waals surface area contributed by atoms with Crippen molar-refractivity contribution in [1.82, 2.24) is 9.63 Å². The zero-order valence-electron chi connectivity index (χ0n) is 19.6. The fourth-order valence-corrected chi connectivity index (χ4v) is 5.47. The summed E-state index contributed by atoms with van der Waals surface area (Å²) in [6.07, 6.45) is 5.48. The van der Waals surface area contributed by atoms with Gasteiger partial charge in [0, 0.05) is 36.0 Å². The second-order valence-corrected chi connectivity index (χ2v) is 9.63. The van der Waals surface area contributed by atoms with E-state index < -0.39 is 23.6 Å². The van der Waals surface area contributed by atoms with Gasteiger partial charge in [-0.3, -0.25) is 14.4 Å². The number of fused-ring (bicyclic) bond motifs is 1. The first-order chi connectivity index (χ1) is 17.3. The van der Waals surface area contributed by atoms with Gasteiger partial charge in [0.1, 0.15) is 11.6 Å². The van der Waals surface area contributed by atoms with Gasteiger partial charge in [-0.2, -0.15) is 5.26 Å². The summed E-state index contributed by atoms with van der Waals surface area (Å²) in [7, 11) is 0. The van der Waals surface area contributed by atoms with Gasteiger partial charge in [0.25, 0.3) is 5.91 Å². The van der Waals surface area contributed by atoms with Crippen LogP contribution < -0.4 is 5.73 Å². The van der Waals surface area contributed by atoms with E-state index in [-0.39, 0.29) is 23.0 Å². The summed E-state index contributed by atoms with van der Waals surface area (Å²) in [6.45, 7) is 1.05. The van der Waals surface area contributed by atoms with E-state index in [0.29, 0.717) is 49.3 Å². The first-order valence-electron chi connectivity index (χ1n) is 12.1. The lowest BCUT2D eigenvalue weighted by Crippen LogP contribution is -2.37. The van der Waals surface area contributed by atoms with Gasteiger partial charge in [0.15, 0.2) is 0 Å². The summed E-state index contributed by atoms with van der Waals surface area (Å²) in [4.78, 5) is 30.5. The first-order valence-corrected chi connectivity index (χ1v) is 12.1. The van der Waals surface area contributed by atoms with Gasteiger partial charge < -0.3 is 10.3 Å². The van der Waals surface area contributed by atoms with Crippen LogP contribution in [0.3, 0.4) is 0 Å². The third kappa shape index (κ3) is 4.56. The SMILES string of the molecule is N#Cc1cc(F)cc([C@@H]2CCON2C(=O)[C@H]2CC[C@H](Cn3ccc4cc(F)c(C(N)=O)cc43)CC2)c1. The Morgan fingerprint density at radius 1 is 1.08 bits per heavy atom. The van der Waals surface area contributed by atoms with Crippen LogP contribution in [0.25, 0.3) is 10.9 Å². The van der Waals surface area contributed by atoms with E-state index in [0.717, 1.165) is 18.4 Å². The molecule has 2 aliphatic rings. The van der Waals surface area contributed by atoms with E-state index in [1.807, 2.05) is 22.9 Å². The molecule has 1 atom stereocenters. The normalized spacial score (nSPS) is 22.0. The van der Waals surface area contributed by atoms with Crippen LogP contribution in [0.15, 0.2) is 42.6 Å². The number of nitriles is 1. The van der Waals surface area contributed by atoms with Gasteiger partial charge in [-0.1, -0.05) is 0 Å². The van der Waals surface area contributed by atoms with E-state index in [2.05, 4.69) is 0 Å². The van der Waals surface area contributed by atoms with Crippen molar-refractivity contribution in [1.29, 1.82) is 5.26 Å². The van der Waals surface area contributed by atoms with Crippen LogP contribution >= 0.6 is 0 Å². The summed E-state index contributed by atoms with van der Waals surface area (Å²) >= 11 is 0. The Hall–Kier alpha value is -3.77. The number of nitrogens with two attached hydrogens (primary N) is 1. The molecule has 1 aromatic heterocycles. The molecule has 2 fully saturated rings. The minimum atomic E-state index is -0.800. The number of hydrogen-bond acceptors (Lipinski definition) is 4. The average Bonchev–Trinajstić information content (AvgIpc) is 3.50. The second-order valence-electron chi connectivity index (χ2n) is 9.63. The van der Waals surface area contributed by atoms with Gasteiger partial charge in [-0.05, 0) is 73.6 Å². The third-order valence-electron chi connectivity index (χ3n) is 7.33. The van der Waals surface area contributed by atoms with Crippen LogP contribution in [0.5, 0.6) is 0 Å². The molecule has 2 N–H and O–H groups in total. The Kier molecular flexibility index (Phi) is 6.46. The molecule has 186 valence electrons. The van der Waals surface area contributed by atoms with Gasteiger partial charge in [0.05, 0.1) is 29.8 Å². The molecule has 2 amide bonds. The Labute approximate surface area is 207 Å². The Bertz CT molecular complexity index is 1370. The summed E-state index contributed by atoms with van der Waals surface area (Å²) < 4.78 is 30.1. The maximum Gasteiger partial charge on any atom is 0.251 e. The highest BCUT2D eigenvalue weighted by Gasteiger charge is 2.37. The molecule has 36 heavy (non-hydrogen) atoms. The predicted molar refractivity (Wildman–Crippen MR) is 127 cm³/mol. The van der Waals surface area contributed by atoms with Gasteiger partial charge >= 0.3 is 0 Å². The number of hydrogen-bond donors (Lipinski definition) is 1. The number of carbonyl (C=O) groups is 2. The zero-order chi connectivity index (χ0) is 25.4. The number of nitrogens with zero attached hydrogens (tertiary/aromatic N) is 3. The first kappa shape index (κ1) is 23.9. The lowest BCUT2D eigenvalue weighted by molar-refractivity contribution is -0.183. The molecule has 5 rings (SSSR count). The predicted octanol–water partition coefficient (Wildman–Crippen LogP) is 4.60. The van der Waals surface area contributed by atoms with Crippen molar-refractivity contribution in [2.45, 2.75) is 44.7 Å². The van der Waals surface area contributed by atoms with Gasteiger partial charge in [-0.25, -0.2) is 13.8 Å². The number of rotatable bonds is 5. The van der Waals surface area contributed by atoms with E-state index >= 15 is 0 Å². The van der Waals surface area contributed by atoms with Crippen molar-refractivity contribution >= 4 is 22.7 Å². The van der Waals surface area contributed by atoms with Crippen molar-refractivity contribution in [3.63, 3.8) is 0 Å². The molecule has 3 aromatic rings. The third-order valence-corrected chi connectivity index (χ3v) is 7.33. The Morgan fingerprint density at radius 2 is 1.86 bits per heavy atom. The van der Waals surface area contributed by atoms with Crippen LogP contribution in [0, 0.1) is 34.8 Å². The van der Waals surface area contributed by atoms with Crippen molar-refractivity contribution in [2.75, 3.05) is 6.61 Å². The number of amides is 2. The highest BCUT2D eigenvalue weighted by atomic mass is 19.1. The van der Waals surface area contributed by atoms with Crippen molar-refractivity contribution < 1.29 is 23.2 Å². The summed E-state index contributed by atoms with van der Waals surface area (Å²) in [5, 5.41) is 11.2. The molecule has 7 nitrogen and oxygen atoms in total. The summed E-state index contributed by atoms with van der Waals surface area (Å²) in [5.74, 6) is -1.91. The molecule has 0 unspecified atom stereocenters. The molecular formula is C27H26F2N4O3. The average molecular weight is 493 g/mol. The Morgan fingerprint density at radius 3 is 2.58 bits per heavy atom. The number of aromatic nitrogens is 1. The fraction of sp³-hybridized carbons (Fsp3) is 0.370. The lowest BCUT2D eigenvalue weighted by Gasteiger charge is -2.32. The van der Waals surface area contributed by atoms with Crippen molar-refractivity contribution in [2.24, 2.45) is 17.6 Å². The quantitative estimate of drug-likeness (QED) is 0.562. The largest absolute Gasteiger partial charge is 0.366 e. The molecule has 0 bridgehead atoms. The van der Waals surface area contributed by atoms with Gasteiger partial charge in [-0.15, -0.1) is 0 Å². The van der Waals surface area contributed by atoms with E-state index in [9.17, 15) is 18.4 Å².